The molecule has 2 amide bonds. The van der Waals surface area contributed by atoms with Crippen LogP contribution in [-0.4, -0.2) is 48.1 Å². The molecule has 0 fully saturated rings. The number of fused-ring (bicyclic) bond motifs is 1. The Labute approximate surface area is 203 Å². The molecule has 1 aliphatic rings. The topological polar surface area (TPSA) is 99.2 Å². The van der Waals surface area contributed by atoms with Crippen LogP contribution in [0.3, 0.4) is 0 Å². The van der Waals surface area contributed by atoms with Gasteiger partial charge in [0.2, 0.25) is 0 Å². The molecule has 0 spiro atoms. The lowest BCUT2D eigenvalue weighted by molar-refractivity contribution is -0.137. The van der Waals surface area contributed by atoms with Crippen LogP contribution in [0, 0.1) is 5.82 Å². The van der Waals surface area contributed by atoms with Crippen LogP contribution in [0.2, 0.25) is 4.34 Å². The van der Waals surface area contributed by atoms with Gasteiger partial charge in [-0.05, 0) is 36.4 Å². The van der Waals surface area contributed by atoms with Gasteiger partial charge in [-0.15, -0.1) is 11.3 Å². The molecule has 3 aromatic rings. The molecule has 176 valence electrons. The van der Waals surface area contributed by atoms with Gasteiger partial charge in [-0.2, -0.15) is 0 Å². The molecule has 2 aromatic carbocycles. The molecule has 0 radical (unpaired) electrons. The molecule has 11 heteroatoms. The summed E-state index contributed by atoms with van der Waals surface area (Å²) < 4.78 is 20.4. The van der Waals surface area contributed by atoms with Crippen LogP contribution in [0.5, 0.6) is 5.75 Å². The molecule has 1 aliphatic heterocycles. The number of rotatable bonds is 7. The lowest BCUT2D eigenvalue weighted by Gasteiger charge is -2.29. The van der Waals surface area contributed by atoms with E-state index >= 15 is 0 Å². The fourth-order valence-electron chi connectivity index (χ4n) is 3.54. The van der Waals surface area contributed by atoms with E-state index in [9.17, 15) is 23.9 Å². The number of carboxylic acids is 1. The Kier molecular flexibility index (Phi) is 6.71. The first kappa shape index (κ1) is 23.5. The van der Waals surface area contributed by atoms with Gasteiger partial charge in [-0.25, -0.2) is 4.39 Å². The predicted octanol–water partition coefficient (Wildman–Crippen LogP) is 4.31. The first-order valence-electron chi connectivity index (χ1n) is 10.1. The number of carboxylic acid groups (broad SMARTS) is 1. The monoisotopic (exact) mass is 503 g/mol. The Bertz CT molecular complexity index is 1280. The van der Waals surface area contributed by atoms with Crippen molar-refractivity contribution in [2.24, 2.45) is 0 Å². The number of benzene rings is 2. The summed E-state index contributed by atoms with van der Waals surface area (Å²) in [4.78, 5) is 40.8. The SMILES string of the molecule is CNc1cc2c(cc1F)C(=O)N(c1cccc(C(=O)N(CC(=O)O)Cc3ccc(Cl)s3)c1)CO2. The highest BCUT2D eigenvalue weighted by atomic mass is 35.5. The van der Waals surface area contributed by atoms with Crippen molar-refractivity contribution in [2.45, 2.75) is 6.54 Å². The van der Waals surface area contributed by atoms with Crippen molar-refractivity contribution in [3.05, 3.63) is 74.7 Å². The number of halogens is 2. The normalized spacial score (nSPS) is 12.7. The highest BCUT2D eigenvalue weighted by Crippen LogP contribution is 2.33. The molecular formula is C23H19ClFN3O5S. The van der Waals surface area contributed by atoms with Crippen LogP contribution in [0.15, 0.2) is 48.5 Å². The van der Waals surface area contributed by atoms with Crippen LogP contribution >= 0.6 is 22.9 Å². The summed E-state index contributed by atoms with van der Waals surface area (Å²) in [6, 6.07) is 12.1. The van der Waals surface area contributed by atoms with Crippen LogP contribution in [0.4, 0.5) is 15.8 Å². The van der Waals surface area contributed by atoms with E-state index in [1.54, 1.807) is 31.3 Å². The number of nitrogens with zero attached hydrogens (tertiary/aromatic N) is 2. The molecule has 2 heterocycles. The number of aliphatic carboxylic acids is 1. The van der Waals surface area contributed by atoms with Gasteiger partial charge in [0.1, 0.15) is 18.1 Å². The summed E-state index contributed by atoms with van der Waals surface area (Å²) in [6.07, 6.45) is 0. The molecule has 34 heavy (non-hydrogen) atoms. The van der Waals surface area contributed by atoms with E-state index < -0.39 is 30.1 Å². The van der Waals surface area contributed by atoms with Gasteiger partial charge >= 0.3 is 5.97 Å². The molecule has 0 saturated carbocycles. The Morgan fingerprint density at radius 3 is 2.74 bits per heavy atom. The van der Waals surface area contributed by atoms with Gasteiger partial charge < -0.3 is 20.1 Å². The van der Waals surface area contributed by atoms with Gasteiger partial charge in [0.05, 0.1) is 22.1 Å². The highest BCUT2D eigenvalue weighted by molar-refractivity contribution is 7.16. The van der Waals surface area contributed by atoms with E-state index in [1.165, 1.54) is 39.3 Å². The molecule has 0 saturated heterocycles. The number of hydrogen-bond acceptors (Lipinski definition) is 6. The molecule has 0 atom stereocenters. The van der Waals surface area contributed by atoms with Crippen LogP contribution in [-0.2, 0) is 11.3 Å². The molecule has 0 unspecified atom stereocenters. The van der Waals surface area contributed by atoms with E-state index in [4.69, 9.17) is 16.3 Å². The fraction of sp³-hybridized carbons (Fsp3) is 0.174. The largest absolute Gasteiger partial charge is 0.480 e. The van der Waals surface area contributed by atoms with Crippen molar-refractivity contribution in [3.8, 4) is 5.75 Å². The molecule has 1 aromatic heterocycles. The number of ether oxygens (including phenoxy) is 1. The summed E-state index contributed by atoms with van der Waals surface area (Å²) >= 11 is 7.20. The maximum Gasteiger partial charge on any atom is 0.323 e. The maximum atomic E-state index is 14.2. The third kappa shape index (κ3) is 4.82. The van der Waals surface area contributed by atoms with Crippen molar-refractivity contribution in [1.82, 2.24) is 4.90 Å². The second kappa shape index (κ2) is 9.70. The number of carbonyl (C=O) groups is 3. The molecular weight excluding hydrogens is 485 g/mol. The zero-order chi connectivity index (χ0) is 24.4. The predicted molar refractivity (Wildman–Crippen MR) is 126 cm³/mol. The molecule has 2 N–H and O–H groups in total. The second-order valence-corrected chi connectivity index (χ2v) is 9.20. The van der Waals surface area contributed by atoms with E-state index in [-0.39, 0.29) is 35.8 Å². The number of hydrogen-bond donors (Lipinski definition) is 2. The number of anilines is 2. The minimum atomic E-state index is -1.16. The highest BCUT2D eigenvalue weighted by Gasteiger charge is 2.29. The number of thiophene rings is 1. The zero-order valence-electron chi connectivity index (χ0n) is 17.9. The summed E-state index contributed by atoms with van der Waals surface area (Å²) in [7, 11) is 1.56. The van der Waals surface area contributed by atoms with Crippen molar-refractivity contribution >= 4 is 52.1 Å². The minimum Gasteiger partial charge on any atom is -0.480 e. The fourth-order valence-corrected chi connectivity index (χ4v) is 4.64. The summed E-state index contributed by atoms with van der Waals surface area (Å²) in [6.45, 7) is -0.575. The van der Waals surface area contributed by atoms with Gasteiger partial charge in [-0.1, -0.05) is 17.7 Å². The summed E-state index contributed by atoms with van der Waals surface area (Å²) in [5.74, 6) is -2.51. The standard InChI is InChI=1S/C23H19ClFN3O5S/c1-26-18-9-19-16(8-17(18)25)23(32)28(12-33-19)14-4-2-3-13(7-14)22(31)27(11-21(29)30)10-15-5-6-20(24)34-15/h2-9,26H,10-12H2,1H3,(H,29,30). The van der Waals surface area contributed by atoms with Crippen LogP contribution in [0.1, 0.15) is 25.6 Å². The minimum absolute atomic E-state index is 0.0570. The van der Waals surface area contributed by atoms with Crippen LogP contribution < -0.4 is 15.0 Å². The maximum absolute atomic E-state index is 14.2. The lowest BCUT2D eigenvalue weighted by Crippen LogP contribution is -2.39. The number of nitrogens with one attached hydrogen (secondary N) is 1. The van der Waals surface area contributed by atoms with Crippen molar-refractivity contribution in [3.63, 3.8) is 0 Å². The molecule has 8 nitrogen and oxygen atoms in total. The van der Waals surface area contributed by atoms with Crippen LogP contribution in [0.25, 0.3) is 0 Å². The Hall–Kier alpha value is -3.63. The first-order valence-corrected chi connectivity index (χ1v) is 11.3. The van der Waals surface area contributed by atoms with Gasteiger partial charge in [0.15, 0.2) is 6.73 Å². The molecule has 0 aliphatic carbocycles. The summed E-state index contributed by atoms with van der Waals surface area (Å²) in [5, 5.41) is 12.0. The Morgan fingerprint density at radius 1 is 1.26 bits per heavy atom. The first-order chi connectivity index (χ1) is 16.3. The van der Waals surface area contributed by atoms with Gasteiger partial charge in [-0.3, -0.25) is 19.3 Å². The van der Waals surface area contributed by atoms with Gasteiger partial charge in [0, 0.05) is 29.2 Å². The summed E-state index contributed by atoms with van der Waals surface area (Å²) in [5.41, 5.74) is 0.811. The number of amides is 2. The average molecular weight is 504 g/mol. The smallest absolute Gasteiger partial charge is 0.323 e. The average Bonchev–Trinajstić information content (AvgIpc) is 3.22. The third-order valence-corrected chi connectivity index (χ3v) is 6.37. The second-order valence-electron chi connectivity index (χ2n) is 7.40. The Morgan fingerprint density at radius 2 is 2.06 bits per heavy atom. The van der Waals surface area contributed by atoms with E-state index in [1.807, 2.05) is 0 Å². The quantitative estimate of drug-likeness (QED) is 0.498. The van der Waals surface area contributed by atoms with E-state index in [2.05, 4.69) is 5.32 Å². The number of carbonyl (C=O) groups excluding carboxylic acids is 2. The van der Waals surface area contributed by atoms with Gasteiger partial charge in [0.25, 0.3) is 11.8 Å². The Balaban J connectivity index is 1.60. The van der Waals surface area contributed by atoms with Crippen molar-refractivity contribution in [2.75, 3.05) is 30.5 Å². The third-order valence-electron chi connectivity index (χ3n) is 5.16. The van der Waals surface area contributed by atoms with Crippen molar-refractivity contribution < 1.29 is 28.6 Å². The molecule has 4 rings (SSSR count). The van der Waals surface area contributed by atoms with E-state index in [0.717, 1.165) is 10.9 Å². The zero-order valence-corrected chi connectivity index (χ0v) is 19.5. The van der Waals surface area contributed by atoms with E-state index in [0.29, 0.717) is 10.0 Å². The van der Waals surface area contributed by atoms with Crippen molar-refractivity contribution in [1.29, 1.82) is 0 Å². The lowest BCUT2D eigenvalue weighted by atomic mass is 10.1. The molecule has 0 bridgehead atoms.